The van der Waals surface area contributed by atoms with Crippen LogP contribution in [0.3, 0.4) is 0 Å². The number of hydrogen-bond donors (Lipinski definition) is 1. The summed E-state index contributed by atoms with van der Waals surface area (Å²) in [5.41, 5.74) is 2.85. The molecule has 2 rings (SSSR count). The summed E-state index contributed by atoms with van der Waals surface area (Å²) in [4.78, 5) is 4.30. The molecule has 2 aromatic heterocycles. The molecule has 2 aromatic rings. The fourth-order valence-electron chi connectivity index (χ4n) is 2.09. The number of thiophene rings is 2. The number of aryl methyl sites for hydroxylation is 3. The van der Waals surface area contributed by atoms with Gasteiger partial charge in [-0.2, -0.15) is 0 Å². The third-order valence-electron chi connectivity index (χ3n) is 3.28. The molecule has 0 fully saturated rings. The van der Waals surface area contributed by atoms with Crippen LogP contribution in [0.2, 0.25) is 0 Å². The van der Waals surface area contributed by atoms with Crippen molar-refractivity contribution in [3.63, 3.8) is 0 Å². The van der Waals surface area contributed by atoms with Gasteiger partial charge in [-0.05, 0) is 62.4 Å². The highest BCUT2D eigenvalue weighted by molar-refractivity contribution is 7.12. The topological polar surface area (TPSA) is 12.0 Å². The van der Waals surface area contributed by atoms with E-state index in [4.69, 9.17) is 0 Å². The van der Waals surface area contributed by atoms with E-state index in [2.05, 4.69) is 50.5 Å². The third kappa shape index (κ3) is 2.85. The summed E-state index contributed by atoms with van der Waals surface area (Å²) in [6.45, 7) is 9.91. The molecule has 98 valence electrons. The molecule has 0 aromatic carbocycles. The van der Waals surface area contributed by atoms with Gasteiger partial charge in [0, 0.05) is 14.6 Å². The van der Waals surface area contributed by atoms with Crippen molar-refractivity contribution in [2.45, 2.75) is 40.2 Å². The second-order valence-corrected chi connectivity index (χ2v) is 7.12. The summed E-state index contributed by atoms with van der Waals surface area (Å²) in [5, 5.41) is 5.88. The Hall–Kier alpha value is -0.640. The van der Waals surface area contributed by atoms with E-state index in [9.17, 15) is 0 Å². The van der Waals surface area contributed by atoms with Crippen molar-refractivity contribution in [2.75, 3.05) is 6.54 Å². The molecule has 18 heavy (non-hydrogen) atoms. The molecule has 0 aliphatic heterocycles. The first-order valence-corrected chi connectivity index (χ1v) is 8.17. The Morgan fingerprint density at radius 3 is 2.50 bits per heavy atom. The Balaban J connectivity index is 2.33. The zero-order valence-corrected chi connectivity index (χ0v) is 13.2. The maximum atomic E-state index is 3.69. The van der Waals surface area contributed by atoms with E-state index in [0.717, 1.165) is 6.54 Å². The maximum absolute atomic E-state index is 3.69. The summed E-state index contributed by atoms with van der Waals surface area (Å²) >= 11 is 3.76. The van der Waals surface area contributed by atoms with E-state index >= 15 is 0 Å². The fraction of sp³-hybridized carbons (Fsp3) is 0.467. The molecule has 1 unspecified atom stereocenters. The van der Waals surface area contributed by atoms with Crippen molar-refractivity contribution in [1.82, 2.24) is 5.32 Å². The van der Waals surface area contributed by atoms with Crippen molar-refractivity contribution in [2.24, 2.45) is 0 Å². The Labute approximate surface area is 118 Å². The summed E-state index contributed by atoms with van der Waals surface area (Å²) in [6.07, 6.45) is 1.17. The van der Waals surface area contributed by atoms with E-state index in [-0.39, 0.29) is 0 Å². The zero-order valence-electron chi connectivity index (χ0n) is 11.5. The summed E-state index contributed by atoms with van der Waals surface area (Å²) in [5.74, 6) is 0. The van der Waals surface area contributed by atoms with Gasteiger partial charge in [-0.1, -0.05) is 6.92 Å². The molecular weight excluding hydrogens is 258 g/mol. The quantitative estimate of drug-likeness (QED) is 0.827. The van der Waals surface area contributed by atoms with Crippen LogP contribution in [0.5, 0.6) is 0 Å². The molecule has 1 N–H and O–H groups in total. The predicted octanol–water partition coefficient (Wildman–Crippen LogP) is 4.82. The highest BCUT2D eigenvalue weighted by Gasteiger charge is 2.18. The van der Waals surface area contributed by atoms with Crippen LogP contribution in [-0.4, -0.2) is 6.54 Å². The Morgan fingerprint density at radius 2 is 2.00 bits per heavy atom. The van der Waals surface area contributed by atoms with Gasteiger partial charge in [0.25, 0.3) is 0 Å². The van der Waals surface area contributed by atoms with Crippen LogP contribution >= 0.6 is 22.7 Å². The Morgan fingerprint density at radius 1 is 1.22 bits per heavy atom. The third-order valence-corrected chi connectivity index (χ3v) is 5.36. The van der Waals surface area contributed by atoms with Gasteiger partial charge < -0.3 is 5.32 Å². The van der Waals surface area contributed by atoms with Crippen LogP contribution in [0.1, 0.15) is 45.1 Å². The van der Waals surface area contributed by atoms with Gasteiger partial charge in [0.05, 0.1) is 6.04 Å². The number of hydrogen-bond acceptors (Lipinski definition) is 3. The fourth-order valence-corrected chi connectivity index (χ4v) is 3.97. The number of nitrogens with one attached hydrogen (secondary N) is 1. The van der Waals surface area contributed by atoms with Gasteiger partial charge >= 0.3 is 0 Å². The lowest BCUT2D eigenvalue weighted by Gasteiger charge is -2.17. The maximum Gasteiger partial charge on any atom is 0.0681 e. The van der Waals surface area contributed by atoms with Crippen LogP contribution < -0.4 is 5.32 Å². The molecule has 0 aliphatic rings. The summed E-state index contributed by atoms with van der Waals surface area (Å²) in [7, 11) is 0. The molecule has 0 bridgehead atoms. The van der Waals surface area contributed by atoms with Gasteiger partial charge in [-0.3, -0.25) is 0 Å². The summed E-state index contributed by atoms with van der Waals surface area (Å²) < 4.78 is 0. The van der Waals surface area contributed by atoms with Gasteiger partial charge in [0.15, 0.2) is 0 Å². The highest BCUT2D eigenvalue weighted by atomic mass is 32.1. The van der Waals surface area contributed by atoms with Crippen molar-refractivity contribution >= 4 is 22.7 Å². The first-order chi connectivity index (χ1) is 8.63. The van der Waals surface area contributed by atoms with E-state index < -0.39 is 0 Å². The minimum absolute atomic E-state index is 0.369. The van der Waals surface area contributed by atoms with E-state index in [0.29, 0.717) is 6.04 Å². The van der Waals surface area contributed by atoms with Crippen molar-refractivity contribution in [3.8, 4) is 0 Å². The second-order valence-electron chi connectivity index (χ2n) is 4.71. The Kier molecular flexibility index (Phi) is 4.60. The van der Waals surface area contributed by atoms with E-state index in [1.807, 2.05) is 22.7 Å². The van der Waals surface area contributed by atoms with Crippen molar-refractivity contribution in [1.29, 1.82) is 0 Å². The lowest BCUT2D eigenvalue weighted by molar-refractivity contribution is 0.605. The van der Waals surface area contributed by atoms with Crippen LogP contribution in [0.15, 0.2) is 17.5 Å². The summed E-state index contributed by atoms with van der Waals surface area (Å²) in [6, 6.07) is 4.97. The second kappa shape index (κ2) is 6.00. The monoisotopic (exact) mass is 279 g/mol. The van der Waals surface area contributed by atoms with E-state index in [1.165, 1.54) is 32.2 Å². The first kappa shape index (κ1) is 13.8. The first-order valence-electron chi connectivity index (χ1n) is 6.47. The molecular formula is C15H21NS2. The highest BCUT2D eigenvalue weighted by Crippen LogP contribution is 2.33. The van der Waals surface area contributed by atoms with Crippen LogP contribution in [0.25, 0.3) is 0 Å². The zero-order chi connectivity index (χ0) is 13.1. The van der Waals surface area contributed by atoms with Gasteiger partial charge in [0.1, 0.15) is 0 Å². The molecule has 2 heterocycles. The standard InChI is InChI=1S/C15H21NS2/c1-5-7-16-15(13-6-8-17-12(13)4)14-9-10(2)11(3)18-14/h6,8-9,15-16H,5,7H2,1-4H3. The SMILES string of the molecule is CCCNC(c1cc(C)c(C)s1)c1ccsc1C. The van der Waals surface area contributed by atoms with Crippen LogP contribution in [0, 0.1) is 20.8 Å². The molecule has 0 amide bonds. The largest absolute Gasteiger partial charge is 0.306 e. The molecule has 0 saturated heterocycles. The van der Waals surface area contributed by atoms with E-state index in [1.54, 1.807) is 0 Å². The predicted molar refractivity (Wildman–Crippen MR) is 83.0 cm³/mol. The number of rotatable bonds is 5. The minimum Gasteiger partial charge on any atom is -0.306 e. The molecule has 0 spiro atoms. The molecule has 1 atom stereocenters. The lowest BCUT2D eigenvalue weighted by atomic mass is 10.1. The lowest BCUT2D eigenvalue weighted by Crippen LogP contribution is -2.22. The molecule has 3 heteroatoms. The molecule has 1 nitrogen and oxygen atoms in total. The smallest absolute Gasteiger partial charge is 0.0681 e. The molecule has 0 aliphatic carbocycles. The van der Waals surface area contributed by atoms with Gasteiger partial charge in [-0.15, -0.1) is 22.7 Å². The average molecular weight is 279 g/mol. The molecule has 0 radical (unpaired) electrons. The molecule has 0 saturated carbocycles. The van der Waals surface area contributed by atoms with Gasteiger partial charge in [0.2, 0.25) is 0 Å². The van der Waals surface area contributed by atoms with Gasteiger partial charge in [-0.25, -0.2) is 0 Å². The van der Waals surface area contributed by atoms with Crippen molar-refractivity contribution in [3.05, 3.63) is 43.3 Å². The van der Waals surface area contributed by atoms with Crippen molar-refractivity contribution < 1.29 is 0 Å². The van der Waals surface area contributed by atoms with Crippen LogP contribution in [0.4, 0.5) is 0 Å². The Bertz CT molecular complexity index is 491. The average Bonchev–Trinajstić information content (AvgIpc) is 2.88. The normalized spacial score (nSPS) is 12.9. The van der Waals surface area contributed by atoms with Crippen LogP contribution in [-0.2, 0) is 0 Å². The minimum atomic E-state index is 0.369.